The van der Waals surface area contributed by atoms with Gasteiger partial charge in [-0.15, -0.1) is 0 Å². The van der Waals surface area contributed by atoms with E-state index in [9.17, 15) is 0 Å². The van der Waals surface area contributed by atoms with Crippen LogP contribution in [0.15, 0.2) is 0 Å². The highest BCUT2D eigenvalue weighted by molar-refractivity contribution is 4.72. The summed E-state index contributed by atoms with van der Waals surface area (Å²) in [6, 6.07) is 0. The molecular weight excluding hydrogens is 132 g/mol. The highest BCUT2D eigenvalue weighted by Gasteiger charge is 2.20. The van der Waals surface area contributed by atoms with E-state index in [0.29, 0.717) is 5.41 Å². The van der Waals surface area contributed by atoms with E-state index in [1.165, 1.54) is 25.7 Å². The smallest absolute Gasteiger partial charge is 0.0308 e. The van der Waals surface area contributed by atoms with Crippen molar-refractivity contribution >= 4 is 0 Å². The lowest BCUT2D eigenvalue weighted by Gasteiger charge is -2.28. The molecule has 0 aromatic rings. The molecule has 0 nitrogen and oxygen atoms in total. The third-order valence-electron chi connectivity index (χ3n) is 3.00. The average molecular weight is 158 g/mol. The second-order valence-corrected chi connectivity index (χ2v) is 2.91. The Labute approximate surface area is 73.4 Å². The molecular formula is C11H26. The summed E-state index contributed by atoms with van der Waals surface area (Å²) >= 11 is 0. The zero-order valence-corrected chi connectivity index (χ0v) is 9.33. The second kappa shape index (κ2) is 8.10. The van der Waals surface area contributed by atoms with E-state index in [1.807, 2.05) is 13.8 Å². The van der Waals surface area contributed by atoms with Crippen molar-refractivity contribution in [3.63, 3.8) is 0 Å². The van der Waals surface area contributed by atoms with Gasteiger partial charge in [0.05, 0.1) is 0 Å². The van der Waals surface area contributed by atoms with Crippen molar-refractivity contribution in [2.45, 2.75) is 67.2 Å². The van der Waals surface area contributed by atoms with Crippen molar-refractivity contribution in [3.05, 3.63) is 0 Å². The molecule has 0 bridgehead atoms. The van der Waals surface area contributed by atoms with Crippen LogP contribution in [0.5, 0.6) is 0 Å². The molecule has 0 aliphatic carbocycles. The van der Waals surface area contributed by atoms with Crippen LogP contribution in [-0.4, -0.2) is 0 Å². The van der Waals surface area contributed by atoms with Crippen molar-refractivity contribution < 1.29 is 0 Å². The van der Waals surface area contributed by atoms with Crippen LogP contribution in [0.3, 0.4) is 0 Å². The Balaban J connectivity index is 0. The molecule has 0 rings (SSSR count). The average Bonchev–Trinajstić information content (AvgIpc) is 2.13. The third kappa shape index (κ3) is 4.44. The maximum absolute atomic E-state index is 2.30. The molecule has 0 radical (unpaired) electrons. The zero-order chi connectivity index (χ0) is 9.33. The van der Waals surface area contributed by atoms with Gasteiger partial charge in [0.25, 0.3) is 0 Å². The Hall–Kier alpha value is 0. The molecule has 11 heavy (non-hydrogen) atoms. The summed E-state index contributed by atoms with van der Waals surface area (Å²) in [4.78, 5) is 0. The summed E-state index contributed by atoms with van der Waals surface area (Å²) in [5, 5.41) is 0. The minimum Gasteiger partial charge on any atom is -0.0683 e. The first-order valence-corrected chi connectivity index (χ1v) is 5.24. The molecule has 0 aliphatic rings. The van der Waals surface area contributed by atoms with Crippen LogP contribution in [0.1, 0.15) is 67.2 Å². The van der Waals surface area contributed by atoms with E-state index in [1.54, 1.807) is 0 Å². The van der Waals surface area contributed by atoms with Gasteiger partial charge in [-0.1, -0.05) is 67.2 Å². The topological polar surface area (TPSA) is 0 Å². The first-order valence-electron chi connectivity index (χ1n) is 5.24. The maximum atomic E-state index is 2.30. The molecule has 0 atom stereocenters. The minimum absolute atomic E-state index is 0.667. The molecule has 0 aromatic heterocycles. The first-order chi connectivity index (χ1) is 5.24. The second-order valence-electron chi connectivity index (χ2n) is 2.91. The standard InChI is InChI=1S/C9H20.C2H6/c1-5-9(6-2,7-3)8-4;1-2/h5-8H2,1-4H3;1-2H3. The van der Waals surface area contributed by atoms with Crippen LogP contribution < -0.4 is 0 Å². The Kier molecular flexibility index (Phi) is 10.0. The fourth-order valence-corrected chi connectivity index (χ4v) is 1.50. The zero-order valence-electron chi connectivity index (χ0n) is 9.33. The van der Waals surface area contributed by atoms with E-state index in [4.69, 9.17) is 0 Å². The van der Waals surface area contributed by atoms with Gasteiger partial charge in [0.2, 0.25) is 0 Å². The summed E-state index contributed by atoms with van der Waals surface area (Å²) in [6.45, 7) is 13.2. The highest BCUT2D eigenvalue weighted by Crippen LogP contribution is 2.33. The largest absolute Gasteiger partial charge is 0.0683 e. The Bertz CT molecular complexity index is 42.9. The molecule has 0 aromatic carbocycles. The molecule has 0 N–H and O–H groups in total. The molecule has 0 heterocycles. The van der Waals surface area contributed by atoms with Gasteiger partial charge in [-0.2, -0.15) is 0 Å². The van der Waals surface area contributed by atoms with Gasteiger partial charge in [0.1, 0.15) is 0 Å². The third-order valence-corrected chi connectivity index (χ3v) is 3.00. The molecule has 0 saturated carbocycles. The summed E-state index contributed by atoms with van der Waals surface area (Å²) in [7, 11) is 0. The van der Waals surface area contributed by atoms with Crippen LogP contribution in [0.4, 0.5) is 0 Å². The Morgan fingerprint density at radius 1 is 0.636 bits per heavy atom. The van der Waals surface area contributed by atoms with E-state index < -0.39 is 0 Å². The molecule has 0 aliphatic heterocycles. The van der Waals surface area contributed by atoms with Gasteiger partial charge in [-0.3, -0.25) is 0 Å². The van der Waals surface area contributed by atoms with Crippen molar-refractivity contribution in [2.24, 2.45) is 5.41 Å². The van der Waals surface area contributed by atoms with Crippen LogP contribution in [-0.2, 0) is 0 Å². The number of rotatable bonds is 4. The molecule has 0 heteroatoms. The van der Waals surface area contributed by atoms with E-state index in [-0.39, 0.29) is 0 Å². The summed E-state index contributed by atoms with van der Waals surface area (Å²) in [6.07, 6.45) is 5.38. The SMILES string of the molecule is CC.CCC(CC)(CC)CC. The van der Waals surface area contributed by atoms with Crippen molar-refractivity contribution in [2.75, 3.05) is 0 Å². The fourth-order valence-electron chi connectivity index (χ4n) is 1.50. The first kappa shape index (κ1) is 13.6. The molecule has 0 unspecified atom stereocenters. The normalized spacial score (nSPS) is 10.4. The van der Waals surface area contributed by atoms with Gasteiger partial charge in [-0.05, 0) is 5.41 Å². The fraction of sp³-hybridized carbons (Fsp3) is 1.00. The maximum Gasteiger partial charge on any atom is -0.0308 e. The monoisotopic (exact) mass is 158 g/mol. The quantitative estimate of drug-likeness (QED) is 0.559. The van der Waals surface area contributed by atoms with Crippen LogP contribution in [0, 0.1) is 5.41 Å². The van der Waals surface area contributed by atoms with Gasteiger partial charge in [0.15, 0.2) is 0 Å². The predicted molar refractivity (Wildman–Crippen MR) is 54.9 cm³/mol. The summed E-state index contributed by atoms with van der Waals surface area (Å²) in [5.41, 5.74) is 0.667. The lowest BCUT2D eigenvalue weighted by molar-refractivity contribution is 0.240. The number of hydrogen-bond acceptors (Lipinski definition) is 0. The lowest BCUT2D eigenvalue weighted by atomic mass is 9.78. The van der Waals surface area contributed by atoms with E-state index >= 15 is 0 Å². The van der Waals surface area contributed by atoms with Crippen LogP contribution >= 0.6 is 0 Å². The minimum atomic E-state index is 0.667. The van der Waals surface area contributed by atoms with Gasteiger partial charge in [-0.25, -0.2) is 0 Å². The number of hydrogen-bond donors (Lipinski definition) is 0. The molecule has 0 spiro atoms. The van der Waals surface area contributed by atoms with Crippen molar-refractivity contribution in [1.29, 1.82) is 0 Å². The van der Waals surface area contributed by atoms with E-state index in [0.717, 1.165) is 0 Å². The van der Waals surface area contributed by atoms with Gasteiger partial charge >= 0.3 is 0 Å². The molecule has 0 fully saturated rings. The predicted octanol–water partition coefficient (Wildman–Crippen LogP) is 4.64. The molecule has 0 saturated heterocycles. The highest BCUT2D eigenvalue weighted by atomic mass is 14.3. The summed E-state index contributed by atoms with van der Waals surface area (Å²) < 4.78 is 0. The Morgan fingerprint density at radius 2 is 0.818 bits per heavy atom. The van der Waals surface area contributed by atoms with E-state index in [2.05, 4.69) is 27.7 Å². The molecule has 0 amide bonds. The van der Waals surface area contributed by atoms with Gasteiger partial charge in [0, 0.05) is 0 Å². The molecule has 70 valence electrons. The van der Waals surface area contributed by atoms with Crippen molar-refractivity contribution in [1.82, 2.24) is 0 Å². The van der Waals surface area contributed by atoms with Gasteiger partial charge < -0.3 is 0 Å². The Morgan fingerprint density at radius 3 is 0.818 bits per heavy atom. The van der Waals surface area contributed by atoms with Crippen LogP contribution in [0.2, 0.25) is 0 Å². The summed E-state index contributed by atoms with van der Waals surface area (Å²) in [5.74, 6) is 0. The lowest BCUT2D eigenvalue weighted by Crippen LogP contribution is -2.15. The van der Waals surface area contributed by atoms with Crippen molar-refractivity contribution in [3.8, 4) is 0 Å². The van der Waals surface area contributed by atoms with Crippen LogP contribution in [0.25, 0.3) is 0 Å².